The Kier molecular flexibility index (Phi) is 9.59. The standard InChI is InChI=1S/C17H26O6S/c1-3-22-17(18)11-14-21-12-5-4-6-13-23-24(19,20)16-9-7-15(2)8-10-16/h7-10H,3-6,11-14H2,1-2H3. The lowest BCUT2D eigenvalue weighted by Gasteiger charge is -2.06. The molecule has 0 atom stereocenters. The van der Waals surface area contributed by atoms with E-state index in [0.29, 0.717) is 26.2 Å². The van der Waals surface area contributed by atoms with Crippen molar-refractivity contribution in [1.29, 1.82) is 0 Å². The van der Waals surface area contributed by atoms with Crippen molar-refractivity contribution >= 4 is 16.1 Å². The lowest BCUT2D eigenvalue weighted by atomic mass is 10.2. The van der Waals surface area contributed by atoms with Crippen LogP contribution in [0.3, 0.4) is 0 Å². The van der Waals surface area contributed by atoms with Crippen LogP contribution in [0.4, 0.5) is 0 Å². The Balaban J connectivity index is 2.07. The van der Waals surface area contributed by atoms with Crippen molar-refractivity contribution in [2.45, 2.75) is 44.4 Å². The number of unbranched alkanes of at least 4 members (excludes halogenated alkanes) is 2. The monoisotopic (exact) mass is 358 g/mol. The van der Waals surface area contributed by atoms with Crippen molar-refractivity contribution in [1.82, 2.24) is 0 Å². The molecule has 0 saturated heterocycles. The van der Waals surface area contributed by atoms with Crippen LogP contribution < -0.4 is 0 Å². The fourth-order valence-corrected chi connectivity index (χ4v) is 2.86. The minimum Gasteiger partial charge on any atom is -0.466 e. The van der Waals surface area contributed by atoms with Crippen LogP contribution in [0.5, 0.6) is 0 Å². The van der Waals surface area contributed by atoms with Crippen molar-refractivity contribution in [2.75, 3.05) is 26.4 Å². The van der Waals surface area contributed by atoms with Crippen LogP contribution in [0.2, 0.25) is 0 Å². The quantitative estimate of drug-likeness (QED) is 0.325. The summed E-state index contributed by atoms with van der Waals surface area (Å²) in [5.41, 5.74) is 0.997. The van der Waals surface area contributed by atoms with Gasteiger partial charge in [0, 0.05) is 6.61 Å². The molecule has 1 aromatic carbocycles. The lowest BCUT2D eigenvalue weighted by Crippen LogP contribution is -2.09. The molecule has 0 amide bonds. The first kappa shape index (κ1) is 20.6. The van der Waals surface area contributed by atoms with Crippen LogP contribution in [0.1, 0.15) is 38.2 Å². The smallest absolute Gasteiger partial charge is 0.308 e. The molecule has 0 heterocycles. The van der Waals surface area contributed by atoms with Crippen LogP contribution >= 0.6 is 0 Å². The highest BCUT2D eigenvalue weighted by atomic mass is 32.2. The van der Waals surface area contributed by atoms with E-state index in [2.05, 4.69) is 0 Å². The van der Waals surface area contributed by atoms with Gasteiger partial charge in [0.25, 0.3) is 10.1 Å². The topological polar surface area (TPSA) is 78.9 Å². The summed E-state index contributed by atoms with van der Waals surface area (Å²) in [5.74, 6) is -0.257. The molecule has 0 radical (unpaired) electrons. The molecule has 24 heavy (non-hydrogen) atoms. The number of carbonyl (C=O) groups excluding carboxylic acids is 1. The summed E-state index contributed by atoms with van der Waals surface area (Å²) < 4.78 is 39.0. The van der Waals surface area contributed by atoms with E-state index in [1.54, 1.807) is 31.2 Å². The molecule has 136 valence electrons. The highest BCUT2D eigenvalue weighted by Crippen LogP contribution is 2.13. The summed E-state index contributed by atoms with van der Waals surface area (Å²) in [4.78, 5) is 11.2. The van der Waals surface area contributed by atoms with Crippen molar-refractivity contribution in [3.63, 3.8) is 0 Å². The van der Waals surface area contributed by atoms with Gasteiger partial charge in [0.05, 0.1) is 31.1 Å². The first-order chi connectivity index (χ1) is 11.5. The zero-order valence-corrected chi connectivity index (χ0v) is 15.1. The zero-order valence-electron chi connectivity index (χ0n) is 14.3. The van der Waals surface area contributed by atoms with Crippen molar-refractivity contribution in [3.05, 3.63) is 29.8 Å². The molecule has 0 aliphatic heterocycles. The predicted octanol–water partition coefficient (Wildman–Crippen LogP) is 2.84. The van der Waals surface area contributed by atoms with Gasteiger partial charge < -0.3 is 9.47 Å². The molecular formula is C17H26O6S. The van der Waals surface area contributed by atoms with E-state index in [-0.39, 0.29) is 23.9 Å². The van der Waals surface area contributed by atoms with Gasteiger partial charge in [-0.3, -0.25) is 8.98 Å². The number of rotatable bonds is 12. The number of esters is 1. The molecule has 0 aliphatic carbocycles. The van der Waals surface area contributed by atoms with Gasteiger partial charge in [-0.05, 0) is 45.2 Å². The third-order valence-electron chi connectivity index (χ3n) is 3.24. The van der Waals surface area contributed by atoms with E-state index in [1.807, 2.05) is 6.92 Å². The maximum absolute atomic E-state index is 11.9. The molecule has 0 unspecified atom stereocenters. The van der Waals surface area contributed by atoms with Gasteiger partial charge in [-0.1, -0.05) is 17.7 Å². The van der Waals surface area contributed by atoms with Crippen LogP contribution in [0.15, 0.2) is 29.2 Å². The van der Waals surface area contributed by atoms with E-state index >= 15 is 0 Å². The number of ether oxygens (including phenoxy) is 2. The fraction of sp³-hybridized carbons (Fsp3) is 0.588. The lowest BCUT2D eigenvalue weighted by molar-refractivity contribution is -0.144. The second kappa shape index (κ2) is 11.2. The summed E-state index contributed by atoms with van der Waals surface area (Å²) in [5, 5.41) is 0. The maximum Gasteiger partial charge on any atom is 0.308 e. The number of hydrogen-bond acceptors (Lipinski definition) is 6. The second-order valence-electron chi connectivity index (χ2n) is 5.32. The first-order valence-corrected chi connectivity index (χ1v) is 9.56. The van der Waals surface area contributed by atoms with E-state index in [9.17, 15) is 13.2 Å². The minimum absolute atomic E-state index is 0.152. The molecule has 0 N–H and O–H groups in total. The molecule has 0 fully saturated rings. The molecule has 1 rings (SSSR count). The number of hydrogen-bond donors (Lipinski definition) is 0. The number of aryl methyl sites for hydroxylation is 1. The minimum atomic E-state index is -3.68. The van der Waals surface area contributed by atoms with E-state index in [4.69, 9.17) is 13.7 Å². The molecule has 0 saturated carbocycles. The van der Waals surface area contributed by atoms with E-state index in [1.165, 1.54) is 0 Å². The molecule has 7 heteroatoms. The van der Waals surface area contributed by atoms with Crippen LogP contribution in [-0.4, -0.2) is 40.8 Å². The molecule has 0 aromatic heterocycles. The Bertz CT molecular complexity index is 580. The van der Waals surface area contributed by atoms with Gasteiger partial charge in [-0.15, -0.1) is 0 Å². The normalized spacial score (nSPS) is 11.4. The Morgan fingerprint density at radius 3 is 2.33 bits per heavy atom. The van der Waals surface area contributed by atoms with Gasteiger partial charge in [0.2, 0.25) is 0 Å². The van der Waals surface area contributed by atoms with E-state index in [0.717, 1.165) is 18.4 Å². The zero-order chi connectivity index (χ0) is 17.8. The average Bonchev–Trinajstić information content (AvgIpc) is 2.54. The van der Waals surface area contributed by atoms with Crippen molar-refractivity contribution in [2.24, 2.45) is 0 Å². The Morgan fingerprint density at radius 1 is 1.00 bits per heavy atom. The molecule has 0 spiro atoms. The van der Waals surface area contributed by atoms with Crippen LogP contribution in [0, 0.1) is 6.92 Å². The molecular weight excluding hydrogens is 332 g/mol. The third kappa shape index (κ3) is 8.42. The van der Waals surface area contributed by atoms with Crippen molar-refractivity contribution in [3.8, 4) is 0 Å². The highest BCUT2D eigenvalue weighted by Gasteiger charge is 2.14. The molecule has 1 aromatic rings. The van der Waals surface area contributed by atoms with E-state index < -0.39 is 10.1 Å². The first-order valence-electron chi connectivity index (χ1n) is 8.15. The molecule has 0 aliphatic rings. The van der Waals surface area contributed by atoms with Gasteiger partial charge in [-0.25, -0.2) is 0 Å². The Morgan fingerprint density at radius 2 is 1.67 bits per heavy atom. The third-order valence-corrected chi connectivity index (χ3v) is 4.56. The second-order valence-corrected chi connectivity index (χ2v) is 6.93. The average molecular weight is 358 g/mol. The molecule has 6 nitrogen and oxygen atoms in total. The van der Waals surface area contributed by atoms with Gasteiger partial charge in [-0.2, -0.15) is 8.42 Å². The van der Waals surface area contributed by atoms with Gasteiger partial charge >= 0.3 is 5.97 Å². The summed E-state index contributed by atoms with van der Waals surface area (Å²) in [6.45, 7) is 5.07. The molecule has 0 bridgehead atoms. The van der Waals surface area contributed by atoms with Gasteiger partial charge in [0.1, 0.15) is 0 Å². The summed E-state index contributed by atoms with van der Waals surface area (Å²) >= 11 is 0. The van der Waals surface area contributed by atoms with Gasteiger partial charge in [0.15, 0.2) is 0 Å². The summed E-state index contributed by atoms with van der Waals surface area (Å²) in [6.07, 6.45) is 2.47. The number of benzene rings is 1. The maximum atomic E-state index is 11.9. The highest BCUT2D eigenvalue weighted by molar-refractivity contribution is 7.86. The fourth-order valence-electron chi connectivity index (χ4n) is 1.92. The summed E-state index contributed by atoms with van der Waals surface area (Å²) in [6, 6.07) is 6.57. The Labute approximate surface area is 144 Å². The van der Waals surface area contributed by atoms with Crippen LogP contribution in [0.25, 0.3) is 0 Å². The largest absolute Gasteiger partial charge is 0.466 e. The van der Waals surface area contributed by atoms with Crippen LogP contribution in [-0.2, 0) is 28.6 Å². The summed E-state index contributed by atoms with van der Waals surface area (Å²) in [7, 11) is -3.68. The SMILES string of the molecule is CCOC(=O)CCOCCCCCOS(=O)(=O)c1ccc(C)cc1. The Hall–Kier alpha value is -1.44. The number of carbonyl (C=O) groups is 1. The predicted molar refractivity (Wildman–Crippen MR) is 90.2 cm³/mol. The van der Waals surface area contributed by atoms with Crippen molar-refractivity contribution < 1.29 is 26.9 Å².